The SMILES string of the molecule is FC(F)(F)c1cc(-c2csc(C3Cc4ccccc4CN3)n2)cc(C(F)(F)F)c1. The number of hydrogen-bond acceptors (Lipinski definition) is 3. The van der Waals surface area contributed by atoms with Crippen molar-refractivity contribution in [3.8, 4) is 11.3 Å². The molecule has 2 nitrogen and oxygen atoms in total. The third kappa shape index (κ3) is 4.16. The van der Waals surface area contributed by atoms with Gasteiger partial charge in [-0.1, -0.05) is 24.3 Å². The Hall–Kier alpha value is -2.39. The lowest BCUT2D eigenvalue weighted by Gasteiger charge is -2.24. The molecule has 1 aromatic heterocycles. The van der Waals surface area contributed by atoms with Crippen molar-refractivity contribution >= 4 is 11.3 Å². The lowest BCUT2D eigenvalue weighted by atomic mass is 9.96. The van der Waals surface area contributed by atoms with Crippen LogP contribution < -0.4 is 5.32 Å². The number of thiazole rings is 1. The lowest BCUT2D eigenvalue weighted by Crippen LogP contribution is -2.28. The summed E-state index contributed by atoms with van der Waals surface area (Å²) in [5.74, 6) is 0. The van der Waals surface area contributed by atoms with Crippen molar-refractivity contribution in [2.45, 2.75) is 31.4 Å². The fourth-order valence-corrected chi connectivity index (χ4v) is 4.22. The standard InChI is InChI=1S/C20H14F6N2S/c21-19(22,23)14-5-13(6-15(8-14)20(24,25)26)17-10-29-18(28-17)16-7-11-3-1-2-4-12(11)9-27-16/h1-6,8,10,16,27H,7,9H2. The van der Waals surface area contributed by atoms with E-state index in [0.29, 0.717) is 30.1 Å². The summed E-state index contributed by atoms with van der Waals surface area (Å²) in [6, 6.07) is 9.26. The molecule has 0 aliphatic carbocycles. The van der Waals surface area contributed by atoms with Gasteiger partial charge >= 0.3 is 12.4 Å². The summed E-state index contributed by atoms with van der Waals surface area (Å²) < 4.78 is 78.6. The third-order valence-electron chi connectivity index (χ3n) is 4.78. The van der Waals surface area contributed by atoms with Gasteiger partial charge in [0.25, 0.3) is 0 Å². The van der Waals surface area contributed by atoms with Crippen molar-refractivity contribution in [1.29, 1.82) is 0 Å². The molecule has 2 heterocycles. The van der Waals surface area contributed by atoms with Crippen LogP contribution in [0.5, 0.6) is 0 Å². The van der Waals surface area contributed by atoms with Crippen LogP contribution in [0, 0.1) is 0 Å². The summed E-state index contributed by atoms with van der Waals surface area (Å²) in [5, 5.41) is 5.43. The Morgan fingerprint density at radius 1 is 0.897 bits per heavy atom. The predicted molar refractivity (Wildman–Crippen MR) is 97.3 cm³/mol. The molecule has 1 unspecified atom stereocenters. The van der Waals surface area contributed by atoms with Gasteiger partial charge in [-0.15, -0.1) is 11.3 Å². The molecule has 152 valence electrons. The van der Waals surface area contributed by atoms with Gasteiger partial charge in [-0.2, -0.15) is 26.3 Å². The average molecular weight is 428 g/mol. The fraction of sp³-hybridized carbons (Fsp3) is 0.250. The first-order valence-corrected chi connectivity index (χ1v) is 9.54. The summed E-state index contributed by atoms with van der Waals surface area (Å²) in [6.07, 6.45) is -9.12. The van der Waals surface area contributed by atoms with Crippen LogP contribution in [0.1, 0.15) is 33.3 Å². The highest BCUT2D eigenvalue weighted by molar-refractivity contribution is 7.10. The van der Waals surface area contributed by atoms with Crippen molar-refractivity contribution < 1.29 is 26.3 Å². The predicted octanol–water partition coefficient (Wildman–Crippen LogP) is 6.23. The largest absolute Gasteiger partial charge is 0.416 e. The summed E-state index contributed by atoms with van der Waals surface area (Å²) in [4.78, 5) is 4.34. The van der Waals surface area contributed by atoms with E-state index >= 15 is 0 Å². The molecule has 4 rings (SSSR count). The van der Waals surface area contributed by atoms with Crippen molar-refractivity contribution in [3.05, 3.63) is 75.1 Å². The molecule has 2 aromatic carbocycles. The average Bonchev–Trinajstić information content (AvgIpc) is 3.16. The van der Waals surface area contributed by atoms with Gasteiger partial charge in [0, 0.05) is 17.5 Å². The molecule has 0 saturated heterocycles. The van der Waals surface area contributed by atoms with Gasteiger partial charge in [0.15, 0.2) is 0 Å². The summed E-state index contributed by atoms with van der Waals surface area (Å²) >= 11 is 1.22. The molecule has 1 aliphatic heterocycles. The first-order valence-electron chi connectivity index (χ1n) is 8.67. The zero-order valence-corrected chi connectivity index (χ0v) is 15.6. The highest BCUT2D eigenvalue weighted by Gasteiger charge is 2.37. The van der Waals surface area contributed by atoms with Gasteiger partial charge in [0.1, 0.15) is 5.01 Å². The monoisotopic (exact) mass is 428 g/mol. The second-order valence-corrected chi connectivity index (χ2v) is 7.66. The Bertz CT molecular complexity index is 1010. The molecule has 1 atom stereocenters. The highest BCUT2D eigenvalue weighted by Crippen LogP contribution is 2.39. The zero-order chi connectivity index (χ0) is 20.8. The van der Waals surface area contributed by atoms with E-state index in [2.05, 4.69) is 10.3 Å². The quantitative estimate of drug-likeness (QED) is 0.489. The summed E-state index contributed by atoms with van der Waals surface area (Å²) in [5.41, 5.74) is -0.490. The van der Waals surface area contributed by atoms with Gasteiger partial charge < -0.3 is 5.32 Å². The highest BCUT2D eigenvalue weighted by atomic mass is 32.1. The van der Waals surface area contributed by atoms with E-state index in [4.69, 9.17) is 0 Å². The number of nitrogens with one attached hydrogen (secondary N) is 1. The molecule has 0 spiro atoms. The maximum absolute atomic E-state index is 13.1. The molecular weight excluding hydrogens is 414 g/mol. The van der Waals surface area contributed by atoms with Crippen LogP contribution >= 0.6 is 11.3 Å². The van der Waals surface area contributed by atoms with Crippen molar-refractivity contribution in [2.75, 3.05) is 0 Å². The number of rotatable bonds is 2. The van der Waals surface area contributed by atoms with Gasteiger partial charge in [0.05, 0.1) is 22.9 Å². The molecule has 1 aliphatic rings. The van der Waals surface area contributed by atoms with Crippen LogP contribution in [0.4, 0.5) is 26.3 Å². The Morgan fingerprint density at radius 2 is 1.52 bits per heavy atom. The van der Waals surface area contributed by atoms with E-state index < -0.39 is 23.5 Å². The lowest BCUT2D eigenvalue weighted by molar-refractivity contribution is -0.143. The fourth-order valence-electron chi connectivity index (χ4n) is 3.31. The van der Waals surface area contributed by atoms with E-state index in [1.54, 1.807) is 0 Å². The molecule has 9 heteroatoms. The van der Waals surface area contributed by atoms with Crippen molar-refractivity contribution in [2.24, 2.45) is 0 Å². The molecule has 0 fully saturated rings. The Kier molecular flexibility index (Phi) is 4.90. The molecule has 3 aromatic rings. The smallest absolute Gasteiger partial charge is 0.304 e. The number of benzene rings is 2. The van der Waals surface area contributed by atoms with E-state index in [0.717, 1.165) is 11.1 Å². The van der Waals surface area contributed by atoms with E-state index in [1.165, 1.54) is 16.7 Å². The van der Waals surface area contributed by atoms with Crippen LogP contribution in [0.3, 0.4) is 0 Å². The maximum atomic E-state index is 13.1. The Labute approximate surface area is 166 Å². The number of aromatic nitrogens is 1. The topological polar surface area (TPSA) is 24.9 Å². The minimum Gasteiger partial charge on any atom is -0.304 e. The number of halogens is 6. The minimum atomic E-state index is -4.89. The molecule has 1 N–H and O–H groups in total. The Morgan fingerprint density at radius 3 is 2.14 bits per heavy atom. The van der Waals surface area contributed by atoms with Crippen LogP contribution in [0.15, 0.2) is 47.8 Å². The summed E-state index contributed by atoms with van der Waals surface area (Å²) in [7, 11) is 0. The molecule has 0 radical (unpaired) electrons. The number of alkyl halides is 6. The maximum Gasteiger partial charge on any atom is 0.416 e. The van der Waals surface area contributed by atoms with Crippen LogP contribution in [0.2, 0.25) is 0 Å². The molecule has 29 heavy (non-hydrogen) atoms. The van der Waals surface area contributed by atoms with E-state index in [-0.39, 0.29) is 23.4 Å². The first kappa shape index (κ1) is 19.9. The number of fused-ring (bicyclic) bond motifs is 1. The van der Waals surface area contributed by atoms with Crippen LogP contribution in [-0.4, -0.2) is 4.98 Å². The van der Waals surface area contributed by atoms with Crippen molar-refractivity contribution in [3.63, 3.8) is 0 Å². The van der Waals surface area contributed by atoms with Crippen molar-refractivity contribution in [1.82, 2.24) is 10.3 Å². The zero-order valence-electron chi connectivity index (χ0n) is 14.7. The van der Waals surface area contributed by atoms with Crippen LogP contribution in [0.25, 0.3) is 11.3 Å². The van der Waals surface area contributed by atoms with E-state index in [9.17, 15) is 26.3 Å². The van der Waals surface area contributed by atoms with Gasteiger partial charge in [-0.3, -0.25) is 0 Å². The second kappa shape index (κ2) is 7.14. The molecule has 0 saturated carbocycles. The normalized spacial score (nSPS) is 17.2. The third-order valence-corrected chi connectivity index (χ3v) is 5.74. The Balaban J connectivity index is 1.68. The number of nitrogens with zero attached hydrogens (tertiary/aromatic N) is 1. The molecular formula is C20H14F6N2S. The van der Waals surface area contributed by atoms with Gasteiger partial charge in [0.2, 0.25) is 0 Å². The van der Waals surface area contributed by atoms with Gasteiger partial charge in [-0.05, 0) is 35.7 Å². The molecule has 0 bridgehead atoms. The van der Waals surface area contributed by atoms with Gasteiger partial charge in [-0.25, -0.2) is 4.98 Å². The minimum absolute atomic E-state index is 0.0993. The summed E-state index contributed by atoms with van der Waals surface area (Å²) in [6.45, 7) is 0.623. The number of hydrogen-bond donors (Lipinski definition) is 1. The second-order valence-electron chi connectivity index (χ2n) is 6.77. The first-order chi connectivity index (χ1) is 13.6. The van der Waals surface area contributed by atoms with E-state index in [1.807, 2.05) is 24.3 Å². The van der Waals surface area contributed by atoms with Crippen LogP contribution in [-0.2, 0) is 25.3 Å². The molecule has 0 amide bonds.